The lowest BCUT2D eigenvalue weighted by molar-refractivity contribution is 0.100. The second-order valence-corrected chi connectivity index (χ2v) is 5.09. The van der Waals surface area contributed by atoms with Gasteiger partial charge in [-0.25, -0.2) is 0 Å². The van der Waals surface area contributed by atoms with Crippen LogP contribution in [0.3, 0.4) is 0 Å². The Bertz CT molecular complexity index is 224. The van der Waals surface area contributed by atoms with Crippen molar-refractivity contribution in [1.29, 1.82) is 0 Å². The third-order valence-electron chi connectivity index (χ3n) is 4.19. The van der Waals surface area contributed by atoms with E-state index in [4.69, 9.17) is 0 Å². The van der Waals surface area contributed by atoms with Gasteiger partial charge in [-0.1, -0.05) is 17.6 Å². The van der Waals surface area contributed by atoms with Crippen molar-refractivity contribution in [2.24, 2.45) is 5.41 Å². The van der Waals surface area contributed by atoms with Crippen LogP contribution in [0.25, 0.3) is 0 Å². The monoisotopic (exact) mass is 162 g/mol. The van der Waals surface area contributed by atoms with Crippen LogP contribution in [-0.2, 0) is 0 Å². The number of hydrogen-bond donors (Lipinski definition) is 0. The second-order valence-electron chi connectivity index (χ2n) is 5.09. The second kappa shape index (κ2) is 2.37. The van der Waals surface area contributed by atoms with Crippen molar-refractivity contribution < 1.29 is 0 Å². The van der Waals surface area contributed by atoms with E-state index in [1.54, 1.807) is 19.3 Å². The molecule has 0 unspecified atom stereocenters. The first-order valence-corrected chi connectivity index (χ1v) is 5.58. The highest BCUT2D eigenvalue weighted by Gasteiger charge is 2.40. The number of rotatable bonds is 0. The lowest BCUT2D eigenvalue weighted by Gasteiger charge is -2.46. The van der Waals surface area contributed by atoms with Crippen molar-refractivity contribution in [3.8, 4) is 0 Å². The summed E-state index contributed by atoms with van der Waals surface area (Å²) in [6.07, 6.45) is 13.5. The van der Waals surface area contributed by atoms with E-state index in [1.807, 2.05) is 11.1 Å². The van der Waals surface area contributed by atoms with Gasteiger partial charge in [0.05, 0.1) is 0 Å². The quantitative estimate of drug-likeness (QED) is 0.475. The zero-order chi connectivity index (χ0) is 8.02. The number of allylic oxidation sites excluding steroid dienone is 2. The van der Waals surface area contributed by atoms with Crippen LogP contribution in [0, 0.1) is 5.41 Å². The number of hydrogen-bond acceptors (Lipinski definition) is 0. The van der Waals surface area contributed by atoms with Crippen LogP contribution < -0.4 is 0 Å². The van der Waals surface area contributed by atoms with E-state index < -0.39 is 0 Å². The molecule has 0 aromatic carbocycles. The standard InChI is InChI=1S/C12H18/c1-3-11(10-4-5-10)9-12(6-1)7-2-8-12/h1-9H2. The van der Waals surface area contributed by atoms with Crippen molar-refractivity contribution in [2.75, 3.05) is 0 Å². The highest BCUT2D eigenvalue weighted by atomic mass is 14.4. The van der Waals surface area contributed by atoms with E-state index in [-0.39, 0.29) is 0 Å². The molecule has 0 saturated heterocycles. The summed E-state index contributed by atoms with van der Waals surface area (Å²) in [5, 5.41) is 0. The summed E-state index contributed by atoms with van der Waals surface area (Å²) < 4.78 is 0. The zero-order valence-electron chi connectivity index (χ0n) is 7.86. The van der Waals surface area contributed by atoms with Crippen LogP contribution in [0.5, 0.6) is 0 Å². The van der Waals surface area contributed by atoms with Crippen LogP contribution in [0.4, 0.5) is 0 Å². The van der Waals surface area contributed by atoms with Crippen molar-refractivity contribution >= 4 is 0 Å². The topological polar surface area (TPSA) is 0 Å². The molecule has 0 N–H and O–H groups in total. The summed E-state index contributed by atoms with van der Waals surface area (Å²) in [5.41, 5.74) is 4.57. The molecule has 0 aliphatic heterocycles. The van der Waals surface area contributed by atoms with Crippen molar-refractivity contribution in [1.82, 2.24) is 0 Å². The van der Waals surface area contributed by atoms with E-state index >= 15 is 0 Å². The summed E-state index contributed by atoms with van der Waals surface area (Å²) in [4.78, 5) is 0. The van der Waals surface area contributed by atoms with Gasteiger partial charge >= 0.3 is 0 Å². The van der Waals surface area contributed by atoms with Gasteiger partial charge in [0.2, 0.25) is 0 Å². The maximum atomic E-state index is 1.89. The molecule has 0 heterocycles. The van der Waals surface area contributed by atoms with Crippen molar-refractivity contribution in [3.63, 3.8) is 0 Å². The minimum atomic E-state index is 0.836. The maximum absolute atomic E-state index is 1.89. The van der Waals surface area contributed by atoms with Gasteiger partial charge in [0.15, 0.2) is 0 Å². The lowest BCUT2D eigenvalue weighted by Crippen LogP contribution is -2.32. The zero-order valence-corrected chi connectivity index (χ0v) is 7.86. The highest BCUT2D eigenvalue weighted by Crippen LogP contribution is 2.55. The SMILES string of the molecule is C1CC(=C2CC2)CC2(C1)CCC2. The van der Waals surface area contributed by atoms with Gasteiger partial charge in [0, 0.05) is 0 Å². The minimum Gasteiger partial charge on any atom is -0.0704 e. The molecule has 0 atom stereocenters. The molecule has 1 spiro atoms. The van der Waals surface area contributed by atoms with Crippen LogP contribution >= 0.6 is 0 Å². The summed E-state index contributed by atoms with van der Waals surface area (Å²) >= 11 is 0. The molecule has 0 amide bonds. The van der Waals surface area contributed by atoms with Crippen molar-refractivity contribution in [3.05, 3.63) is 11.1 Å². The van der Waals surface area contributed by atoms with E-state index in [1.165, 1.54) is 38.5 Å². The molecule has 66 valence electrons. The summed E-state index contributed by atoms with van der Waals surface area (Å²) in [6.45, 7) is 0. The largest absolute Gasteiger partial charge is 0.0704 e. The Kier molecular flexibility index (Phi) is 1.42. The summed E-state index contributed by atoms with van der Waals surface area (Å²) in [6, 6.07) is 0. The highest BCUT2D eigenvalue weighted by molar-refractivity contribution is 5.27. The van der Waals surface area contributed by atoms with Crippen LogP contribution in [0.1, 0.15) is 57.8 Å². The Labute approximate surface area is 75.0 Å². The van der Waals surface area contributed by atoms with Gasteiger partial charge in [-0.15, -0.1) is 0 Å². The van der Waals surface area contributed by atoms with E-state index in [2.05, 4.69) is 0 Å². The lowest BCUT2D eigenvalue weighted by atomic mass is 9.60. The summed E-state index contributed by atoms with van der Waals surface area (Å²) in [7, 11) is 0. The molecule has 0 nitrogen and oxygen atoms in total. The average molecular weight is 162 g/mol. The molecule has 0 bridgehead atoms. The molecule has 0 aromatic heterocycles. The molecule has 0 aromatic rings. The molecule has 3 aliphatic rings. The fourth-order valence-corrected chi connectivity index (χ4v) is 3.13. The van der Waals surface area contributed by atoms with Gasteiger partial charge in [-0.3, -0.25) is 0 Å². The Balaban J connectivity index is 1.79. The predicted octanol–water partition coefficient (Wildman–Crippen LogP) is 3.82. The average Bonchev–Trinajstić information content (AvgIpc) is 2.84. The Morgan fingerprint density at radius 1 is 0.750 bits per heavy atom. The van der Waals surface area contributed by atoms with Gasteiger partial charge < -0.3 is 0 Å². The molecule has 12 heavy (non-hydrogen) atoms. The van der Waals surface area contributed by atoms with Crippen LogP contribution in [0.2, 0.25) is 0 Å². The van der Waals surface area contributed by atoms with Gasteiger partial charge in [-0.05, 0) is 56.8 Å². The predicted molar refractivity (Wildman–Crippen MR) is 51.0 cm³/mol. The summed E-state index contributed by atoms with van der Waals surface area (Å²) in [5.74, 6) is 0. The van der Waals surface area contributed by atoms with E-state index in [9.17, 15) is 0 Å². The van der Waals surface area contributed by atoms with Crippen LogP contribution in [0.15, 0.2) is 11.1 Å². The van der Waals surface area contributed by atoms with Gasteiger partial charge in [-0.2, -0.15) is 0 Å². The molecular formula is C12H18. The van der Waals surface area contributed by atoms with E-state index in [0.29, 0.717) is 0 Å². The first-order valence-electron chi connectivity index (χ1n) is 5.58. The fraction of sp³-hybridized carbons (Fsp3) is 0.833. The third-order valence-corrected chi connectivity index (χ3v) is 4.19. The van der Waals surface area contributed by atoms with Gasteiger partial charge in [0.25, 0.3) is 0 Å². The van der Waals surface area contributed by atoms with Crippen molar-refractivity contribution in [2.45, 2.75) is 57.8 Å². The Morgan fingerprint density at radius 2 is 1.50 bits per heavy atom. The molecular weight excluding hydrogens is 144 g/mol. The first-order chi connectivity index (χ1) is 5.88. The molecule has 0 heteroatoms. The molecule has 3 aliphatic carbocycles. The molecule has 3 fully saturated rings. The molecule has 0 radical (unpaired) electrons. The minimum absolute atomic E-state index is 0.836. The smallest absolute Gasteiger partial charge is 0.0260 e. The van der Waals surface area contributed by atoms with Gasteiger partial charge in [0.1, 0.15) is 0 Å². The Morgan fingerprint density at radius 3 is 2.08 bits per heavy atom. The fourth-order valence-electron chi connectivity index (χ4n) is 3.13. The van der Waals surface area contributed by atoms with E-state index in [0.717, 1.165) is 5.41 Å². The molecule has 3 rings (SSSR count). The first kappa shape index (κ1) is 7.17. The molecule has 3 saturated carbocycles. The third kappa shape index (κ3) is 1.04. The Hall–Kier alpha value is -0.260. The van der Waals surface area contributed by atoms with Crippen LogP contribution in [-0.4, -0.2) is 0 Å². The normalized spacial score (nSPS) is 32.0. The maximum Gasteiger partial charge on any atom is -0.0260 e.